The summed E-state index contributed by atoms with van der Waals surface area (Å²) in [5.41, 5.74) is 1.30. The van der Waals surface area contributed by atoms with Crippen LogP contribution in [0.15, 0.2) is 6.20 Å². The fraction of sp³-hybridized carbons (Fsp3) is 0.750. The van der Waals surface area contributed by atoms with Gasteiger partial charge in [0.15, 0.2) is 0 Å². The van der Waals surface area contributed by atoms with Gasteiger partial charge in [-0.25, -0.2) is 0 Å². The molecule has 1 fully saturated rings. The van der Waals surface area contributed by atoms with Crippen LogP contribution in [0.4, 0.5) is 0 Å². The van der Waals surface area contributed by atoms with Gasteiger partial charge in [0.05, 0.1) is 0 Å². The van der Waals surface area contributed by atoms with Crippen LogP contribution in [0.5, 0.6) is 0 Å². The Kier molecular flexibility index (Phi) is 4.05. The van der Waals surface area contributed by atoms with Gasteiger partial charge in [0.1, 0.15) is 3.70 Å². The van der Waals surface area contributed by atoms with Crippen molar-refractivity contribution >= 4 is 22.6 Å². The second-order valence-corrected chi connectivity index (χ2v) is 5.68. The maximum absolute atomic E-state index is 4.50. The minimum absolute atomic E-state index is 0.959. The summed E-state index contributed by atoms with van der Waals surface area (Å²) in [6, 6.07) is 0. The summed E-state index contributed by atoms with van der Waals surface area (Å²) in [5, 5.41) is 4.50. The molecular formula is C12H19IN2. The molecule has 2 rings (SSSR count). The van der Waals surface area contributed by atoms with Crippen LogP contribution < -0.4 is 0 Å². The van der Waals surface area contributed by atoms with Crippen LogP contribution >= 0.6 is 22.6 Å². The monoisotopic (exact) mass is 318 g/mol. The van der Waals surface area contributed by atoms with E-state index < -0.39 is 0 Å². The highest BCUT2D eigenvalue weighted by molar-refractivity contribution is 14.1. The molecular weight excluding hydrogens is 299 g/mol. The van der Waals surface area contributed by atoms with Gasteiger partial charge >= 0.3 is 0 Å². The van der Waals surface area contributed by atoms with Gasteiger partial charge in [-0.15, -0.1) is 0 Å². The van der Waals surface area contributed by atoms with Crippen molar-refractivity contribution in [2.75, 3.05) is 0 Å². The fourth-order valence-corrected chi connectivity index (χ4v) is 2.82. The fourth-order valence-electron chi connectivity index (χ4n) is 2.40. The number of aromatic nitrogens is 2. The lowest BCUT2D eigenvalue weighted by molar-refractivity contribution is 0.318. The first-order valence-corrected chi connectivity index (χ1v) is 7.03. The smallest absolute Gasteiger partial charge is 0.126 e. The summed E-state index contributed by atoms with van der Waals surface area (Å²) in [6.07, 6.45) is 10.7. The Hall–Kier alpha value is -0.0600. The van der Waals surface area contributed by atoms with Crippen molar-refractivity contribution < 1.29 is 0 Å². The Bertz CT molecular complexity index is 294. The Balaban J connectivity index is 1.81. The summed E-state index contributed by atoms with van der Waals surface area (Å²) in [6.45, 7) is 3.24. The number of halogens is 1. The predicted molar refractivity (Wildman–Crippen MR) is 70.9 cm³/mol. The molecule has 1 aromatic heterocycles. The number of aryl methyl sites for hydroxylation is 2. The molecule has 0 unspecified atom stereocenters. The quantitative estimate of drug-likeness (QED) is 0.776. The highest BCUT2D eigenvalue weighted by Crippen LogP contribution is 2.26. The molecule has 84 valence electrons. The second-order valence-electron chi connectivity index (χ2n) is 4.66. The van der Waals surface area contributed by atoms with E-state index >= 15 is 0 Å². The number of nitrogens with zero attached hydrogens (tertiary/aromatic N) is 2. The molecule has 3 heteroatoms. The number of rotatable bonds is 3. The maximum Gasteiger partial charge on any atom is 0.126 e. The van der Waals surface area contributed by atoms with Gasteiger partial charge in [-0.2, -0.15) is 5.10 Å². The van der Waals surface area contributed by atoms with Crippen molar-refractivity contribution in [3.63, 3.8) is 0 Å². The highest BCUT2D eigenvalue weighted by atomic mass is 127. The average molecular weight is 318 g/mol. The lowest BCUT2D eigenvalue weighted by Crippen LogP contribution is -2.10. The standard InChI is InChI=1S/C12H19IN2/c1-10-9-15(14-12(10)13)8-7-11-5-3-2-4-6-11/h9,11H,2-8H2,1H3. The molecule has 0 spiro atoms. The van der Waals surface area contributed by atoms with Crippen LogP contribution in [0.3, 0.4) is 0 Å². The first-order chi connectivity index (χ1) is 7.25. The summed E-state index contributed by atoms with van der Waals surface area (Å²) in [4.78, 5) is 0. The van der Waals surface area contributed by atoms with Gasteiger partial charge in [-0.1, -0.05) is 32.1 Å². The summed E-state index contributed by atoms with van der Waals surface area (Å²) in [7, 11) is 0. The van der Waals surface area contributed by atoms with Crippen molar-refractivity contribution in [1.82, 2.24) is 9.78 Å². The van der Waals surface area contributed by atoms with Gasteiger partial charge in [0.2, 0.25) is 0 Å². The van der Waals surface area contributed by atoms with Crippen LogP contribution in [0.25, 0.3) is 0 Å². The lowest BCUT2D eigenvalue weighted by atomic mass is 9.87. The van der Waals surface area contributed by atoms with Crippen molar-refractivity contribution in [3.05, 3.63) is 15.5 Å². The minimum atomic E-state index is 0.959. The molecule has 0 aromatic carbocycles. The molecule has 0 bridgehead atoms. The second kappa shape index (κ2) is 5.32. The van der Waals surface area contributed by atoms with E-state index in [9.17, 15) is 0 Å². The molecule has 1 heterocycles. The molecule has 1 saturated carbocycles. The summed E-state index contributed by atoms with van der Waals surface area (Å²) < 4.78 is 3.27. The molecule has 0 aliphatic heterocycles. The normalized spacial score (nSPS) is 18.3. The minimum Gasteiger partial charge on any atom is -0.271 e. The van der Waals surface area contributed by atoms with E-state index in [2.05, 4.69) is 45.5 Å². The van der Waals surface area contributed by atoms with Crippen LogP contribution in [0.1, 0.15) is 44.1 Å². The summed E-state index contributed by atoms with van der Waals surface area (Å²) >= 11 is 2.31. The molecule has 1 aliphatic rings. The van der Waals surface area contributed by atoms with E-state index in [1.54, 1.807) is 0 Å². The largest absolute Gasteiger partial charge is 0.271 e. The first kappa shape index (κ1) is 11.4. The molecule has 2 nitrogen and oxygen atoms in total. The van der Waals surface area contributed by atoms with E-state index in [1.807, 2.05) is 0 Å². The van der Waals surface area contributed by atoms with Gasteiger partial charge in [0, 0.05) is 18.3 Å². The van der Waals surface area contributed by atoms with Crippen LogP contribution in [-0.2, 0) is 6.54 Å². The molecule has 0 N–H and O–H groups in total. The van der Waals surface area contributed by atoms with E-state index in [0.29, 0.717) is 0 Å². The molecule has 1 aliphatic carbocycles. The predicted octanol–water partition coefficient (Wildman–Crippen LogP) is 3.77. The third-order valence-corrected chi connectivity index (χ3v) is 4.44. The van der Waals surface area contributed by atoms with E-state index in [4.69, 9.17) is 0 Å². The third-order valence-electron chi connectivity index (χ3n) is 3.38. The van der Waals surface area contributed by atoms with Crippen LogP contribution in [0.2, 0.25) is 0 Å². The van der Waals surface area contributed by atoms with Gasteiger partial charge < -0.3 is 0 Å². The Labute approximate surface area is 106 Å². The molecule has 0 amide bonds. The Morgan fingerprint density at radius 2 is 2.13 bits per heavy atom. The molecule has 0 atom stereocenters. The van der Waals surface area contributed by atoms with Crippen molar-refractivity contribution in [3.8, 4) is 0 Å². The topological polar surface area (TPSA) is 17.8 Å². The Morgan fingerprint density at radius 1 is 1.40 bits per heavy atom. The first-order valence-electron chi connectivity index (χ1n) is 5.95. The van der Waals surface area contributed by atoms with Gasteiger partial charge in [-0.3, -0.25) is 4.68 Å². The number of hydrogen-bond donors (Lipinski definition) is 0. The molecule has 0 radical (unpaired) electrons. The zero-order valence-electron chi connectivity index (χ0n) is 9.38. The van der Waals surface area contributed by atoms with Gasteiger partial charge in [0.25, 0.3) is 0 Å². The highest BCUT2D eigenvalue weighted by Gasteiger charge is 2.13. The third kappa shape index (κ3) is 3.20. The van der Waals surface area contributed by atoms with Crippen molar-refractivity contribution in [2.45, 2.75) is 52.0 Å². The summed E-state index contributed by atoms with van der Waals surface area (Å²) in [5.74, 6) is 0.959. The Morgan fingerprint density at radius 3 is 2.73 bits per heavy atom. The van der Waals surface area contributed by atoms with E-state index in [0.717, 1.165) is 16.2 Å². The maximum atomic E-state index is 4.50. The lowest BCUT2D eigenvalue weighted by Gasteiger charge is -2.21. The SMILES string of the molecule is Cc1cn(CCC2CCCCC2)nc1I. The van der Waals surface area contributed by atoms with Gasteiger partial charge in [-0.05, 0) is 41.9 Å². The van der Waals surface area contributed by atoms with Crippen LogP contribution in [-0.4, -0.2) is 9.78 Å². The van der Waals surface area contributed by atoms with E-state index in [-0.39, 0.29) is 0 Å². The molecule has 1 aromatic rings. The molecule has 0 saturated heterocycles. The van der Waals surface area contributed by atoms with Crippen LogP contribution in [0, 0.1) is 16.5 Å². The van der Waals surface area contributed by atoms with E-state index in [1.165, 1.54) is 44.1 Å². The zero-order chi connectivity index (χ0) is 10.7. The average Bonchev–Trinajstić information content (AvgIpc) is 2.57. The molecule has 15 heavy (non-hydrogen) atoms. The van der Waals surface area contributed by atoms with Crippen molar-refractivity contribution in [1.29, 1.82) is 0 Å². The van der Waals surface area contributed by atoms with Crippen molar-refractivity contribution in [2.24, 2.45) is 5.92 Å². The number of hydrogen-bond acceptors (Lipinski definition) is 1. The zero-order valence-corrected chi connectivity index (χ0v) is 11.5.